The summed E-state index contributed by atoms with van der Waals surface area (Å²) in [4.78, 5) is 1.16. The van der Waals surface area contributed by atoms with Crippen LogP contribution in [0.25, 0.3) is 16.3 Å². The summed E-state index contributed by atoms with van der Waals surface area (Å²) in [5.74, 6) is 0. The van der Waals surface area contributed by atoms with E-state index in [1.165, 1.54) is 0 Å². The van der Waals surface area contributed by atoms with Crippen molar-refractivity contribution in [3.05, 3.63) is 59.6 Å². The van der Waals surface area contributed by atoms with Crippen LogP contribution in [-0.4, -0.2) is 9.78 Å². The number of para-hydroxylation sites is 1. The highest BCUT2D eigenvalue weighted by Crippen LogP contribution is 2.27. The molecule has 3 nitrogen and oxygen atoms in total. The van der Waals surface area contributed by atoms with Gasteiger partial charge >= 0.3 is 0 Å². The molecule has 3 aromatic rings. The number of aromatic nitrogens is 2. The molecule has 0 aliphatic carbocycles. The Morgan fingerprint density at radius 2 is 1.94 bits per heavy atom. The summed E-state index contributed by atoms with van der Waals surface area (Å²) in [6.45, 7) is 0.500. The first-order valence-electron chi connectivity index (χ1n) is 5.76. The van der Waals surface area contributed by atoms with Crippen LogP contribution in [0.15, 0.2) is 54.0 Å². The van der Waals surface area contributed by atoms with Crippen molar-refractivity contribution in [2.45, 2.75) is 6.54 Å². The molecule has 0 aliphatic heterocycles. The zero-order valence-electron chi connectivity index (χ0n) is 9.78. The first-order valence-corrected chi connectivity index (χ1v) is 6.64. The van der Waals surface area contributed by atoms with Crippen LogP contribution in [-0.2, 0) is 6.54 Å². The van der Waals surface area contributed by atoms with Crippen molar-refractivity contribution >= 4 is 11.3 Å². The molecule has 0 spiro atoms. The number of hydrogen-bond acceptors (Lipinski definition) is 3. The number of thiophene rings is 1. The summed E-state index contributed by atoms with van der Waals surface area (Å²) in [6, 6.07) is 14.2. The van der Waals surface area contributed by atoms with Gasteiger partial charge in [-0.1, -0.05) is 24.3 Å². The van der Waals surface area contributed by atoms with Gasteiger partial charge in [0.15, 0.2) is 0 Å². The largest absolute Gasteiger partial charge is 0.326 e. The lowest BCUT2D eigenvalue weighted by atomic mass is 10.2. The molecule has 4 heteroatoms. The monoisotopic (exact) mass is 255 g/mol. The van der Waals surface area contributed by atoms with E-state index in [0.717, 1.165) is 21.8 Å². The third-order valence-electron chi connectivity index (χ3n) is 2.79. The number of rotatable bonds is 3. The quantitative estimate of drug-likeness (QED) is 0.781. The highest BCUT2D eigenvalue weighted by molar-refractivity contribution is 7.13. The Kier molecular flexibility index (Phi) is 2.96. The van der Waals surface area contributed by atoms with Gasteiger partial charge in [-0.25, -0.2) is 4.68 Å². The maximum atomic E-state index is 5.80. The van der Waals surface area contributed by atoms with Crippen molar-refractivity contribution in [2.24, 2.45) is 5.73 Å². The summed E-state index contributed by atoms with van der Waals surface area (Å²) < 4.78 is 1.89. The molecule has 2 heterocycles. The summed E-state index contributed by atoms with van der Waals surface area (Å²) in [6.07, 6.45) is 2.00. The summed E-state index contributed by atoms with van der Waals surface area (Å²) >= 11 is 1.68. The Morgan fingerprint density at radius 3 is 2.61 bits per heavy atom. The van der Waals surface area contributed by atoms with Crippen LogP contribution in [0.5, 0.6) is 0 Å². The van der Waals surface area contributed by atoms with Gasteiger partial charge < -0.3 is 5.73 Å². The Labute approximate surface area is 109 Å². The first kappa shape index (κ1) is 11.2. The molecule has 1 aromatic carbocycles. The molecule has 0 fully saturated rings. The van der Waals surface area contributed by atoms with Crippen LogP contribution >= 0.6 is 11.3 Å². The number of nitrogens with zero attached hydrogens (tertiary/aromatic N) is 2. The minimum atomic E-state index is 0.500. The zero-order chi connectivity index (χ0) is 12.4. The second-order valence-corrected chi connectivity index (χ2v) is 4.91. The number of nitrogens with two attached hydrogens (primary N) is 1. The minimum absolute atomic E-state index is 0.500. The van der Waals surface area contributed by atoms with Crippen molar-refractivity contribution in [1.29, 1.82) is 0 Å². The molecule has 90 valence electrons. The van der Waals surface area contributed by atoms with Crippen molar-refractivity contribution in [2.75, 3.05) is 0 Å². The van der Waals surface area contributed by atoms with Gasteiger partial charge in [0.05, 0.1) is 10.6 Å². The Morgan fingerprint density at radius 1 is 1.11 bits per heavy atom. The maximum Gasteiger partial charge on any atom is 0.107 e. The third-order valence-corrected chi connectivity index (χ3v) is 3.66. The molecule has 3 rings (SSSR count). The van der Waals surface area contributed by atoms with E-state index in [-0.39, 0.29) is 0 Å². The maximum absolute atomic E-state index is 5.80. The van der Waals surface area contributed by atoms with Gasteiger partial charge in [0.1, 0.15) is 5.69 Å². The molecular weight excluding hydrogens is 242 g/mol. The molecule has 18 heavy (non-hydrogen) atoms. The zero-order valence-corrected chi connectivity index (χ0v) is 10.6. The second-order valence-electron chi connectivity index (χ2n) is 3.96. The molecule has 0 aliphatic rings. The lowest BCUT2D eigenvalue weighted by Gasteiger charge is -1.99. The van der Waals surface area contributed by atoms with E-state index in [0.29, 0.717) is 6.54 Å². The van der Waals surface area contributed by atoms with E-state index in [1.54, 1.807) is 11.3 Å². The number of hydrogen-bond donors (Lipinski definition) is 1. The Bertz CT molecular complexity index is 626. The molecule has 0 amide bonds. The third kappa shape index (κ3) is 1.96. The van der Waals surface area contributed by atoms with Crippen LogP contribution in [0.3, 0.4) is 0 Å². The smallest absolute Gasteiger partial charge is 0.107 e. The van der Waals surface area contributed by atoms with Gasteiger partial charge in [0, 0.05) is 18.3 Å². The van der Waals surface area contributed by atoms with E-state index in [2.05, 4.69) is 16.5 Å². The van der Waals surface area contributed by atoms with Crippen LogP contribution in [0.1, 0.15) is 5.56 Å². The van der Waals surface area contributed by atoms with Gasteiger partial charge in [-0.15, -0.1) is 11.3 Å². The summed E-state index contributed by atoms with van der Waals surface area (Å²) in [5.41, 5.74) is 8.90. The van der Waals surface area contributed by atoms with Gasteiger partial charge in [0.2, 0.25) is 0 Å². The molecule has 0 radical (unpaired) electrons. The second kappa shape index (κ2) is 4.76. The standard InChI is InChI=1S/C14H13N3S/c15-9-11-10-17(12-5-2-1-3-6-12)16-14(11)13-7-4-8-18-13/h1-8,10H,9,15H2. The summed E-state index contributed by atoms with van der Waals surface area (Å²) in [7, 11) is 0. The van der Waals surface area contributed by atoms with Crippen molar-refractivity contribution in [1.82, 2.24) is 9.78 Å². The number of benzene rings is 1. The lowest BCUT2D eigenvalue weighted by molar-refractivity contribution is 0.883. The van der Waals surface area contributed by atoms with Gasteiger partial charge in [-0.05, 0) is 23.6 Å². The fraction of sp³-hybridized carbons (Fsp3) is 0.0714. The van der Waals surface area contributed by atoms with E-state index in [1.807, 2.05) is 47.3 Å². The predicted octanol–water partition coefficient (Wildman–Crippen LogP) is 3.06. The fourth-order valence-electron chi connectivity index (χ4n) is 1.89. The molecule has 2 aromatic heterocycles. The van der Waals surface area contributed by atoms with Gasteiger partial charge in [0.25, 0.3) is 0 Å². The lowest BCUT2D eigenvalue weighted by Crippen LogP contribution is -1.95. The predicted molar refractivity (Wildman–Crippen MR) is 74.8 cm³/mol. The van der Waals surface area contributed by atoms with Crippen molar-refractivity contribution in [3.63, 3.8) is 0 Å². The van der Waals surface area contributed by atoms with Gasteiger partial charge in [-0.3, -0.25) is 0 Å². The minimum Gasteiger partial charge on any atom is -0.326 e. The van der Waals surface area contributed by atoms with Crippen LogP contribution in [0.4, 0.5) is 0 Å². The molecule has 0 atom stereocenters. The molecule has 0 bridgehead atoms. The molecule has 0 saturated heterocycles. The van der Waals surface area contributed by atoms with Crippen LogP contribution < -0.4 is 5.73 Å². The Hall–Kier alpha value is -1.91. The normalized spacial score (nSPS) is 10.7. The molecule has 2 N–H and O–H groups in total. The van der Waals surface area contributed by atoms with E-state index in [9.17, 15) is 0 Å². The van der Waals surface area contributed by atoms with E-state index >= 15 is 0 Å². The average Bonchev–Trinajstić information content (AvgIpc) is 3.08. The molecule has 0 unspecified atom stereocenters. The topological polar surface area (TPSA) is 43.8 Å². The van der Waals surface area contributed by atoms with Gasteiger partial charge in [-0.2, -0.15) is 5.10 Å². The highest BCUT2D eigenvalue weighted by atomic mass is 32.1. The highest BCUT2D eigenvalue weighted by Gasteiger charge is 2.11. The van der Waals surface area contributed by atoms with E-state index < -0.39 is 0 Å². The van der Waals surface area contributed by atoms with Crippen molar-refractivity contribution < 1.29 is 0 Å². The SMILES string of the molecule is NCc1cn(-c2ccccc2)nc1-c1cccs1. The average molecular weight is 255 g/mol. The summed E-state index contributed by atoms with van der Waals surface area (Å²) in [5, 5.41) is 6.69. The molecular formula is C14H13N3S. The Balaban J connectivity index is 2.09. The van der Waals surface area contributed by atoms with E-state index in [4.69, 9.17) is 5.73 Å². The van der Waals surface area contributed by atoms with Crippen LogP contribution in [0.2, 0.25) is 0 Å². The molecule has 0 saturated carbocycles. The first-order chi connectivity index (χ1) is 8.88. The van der Waals surface area contributed by atoms with Crippen LogP contribution in [0, 0.1) is 0 Å². The fourth-order valence-corrected chi connectivity index (χ4v) is 2.64. The van der Waals surface area contributed by atoms with Crippen molar-refractivity contribution in [3.8, 4) is 16.3 Å².